The Morgan fingerprint density at radius 3 is 2.09 bits per heavy atom. The molecule has 5 aromatic rings. The minimum atomic E-state index is -0.103. The van der Waals surface area contributed by atoms with Gasteiger partial charge < -0.3 is 4.42 Å². The van der Waals surface area contributed by atoms with Crippen molar-refractivity contribution >= 4 is 11.8 Å². The number of thioether (sulfide) groups is 1. The fraction of sp³-hybridized carbons (Fsp3) is 0.154. The van der Waals surface area contributed by atoms with Gasteiger partial charge in [0.2, 0.25) is 11.8 Å². The fourth-order valence-corrected chi connectivity index (χ4v) is 4.36. The van der Waals surface area contributed by atoms with E-state index in [0.717, 1.165) is 27.8 Å². The minimum Gasteiger partial charge on any atom is -0.419 e. The molecule has 0 N–H and O–H groups in total. The summed E-state index contributed by atoms with van der Waals surface area (Å²) < 4.78 is 8.05. The van der Waals surface area contributed by atoms with E-state index in [0.29, 0.717) is 11.8 Å². The molecule has 0 radical (unpaired) electrons. The van der Waals surface area contributed by atoms with E-state index in [9.17, 15) is 0 Å². The predicted octanol–water partition coefficient (Wildman–Crippen LogP) is 6.45. The molecule has 0 saturated heterocycles. The van der Waals surface area contributed by atoms with Gasteiger partial charge in [-0.2, -0.15) is 0 Å². The lowest BCUT2D eigenvalue weighted by molar-refractivity contribution is 0.509. The Morgan fingerprint density at radius 1 is 0.727 bits per heavy atom. The standard InChI is InChI=1S/C26H23N5OS/c1-17-9-13-20(14-10-17)23-27-30-26(31(23)22-15-11-18(2)12-16-22)33-19(3)24-28-29-25(32-24)21-7-5-4-6-8-21/h4-16,19H,1-3H3. The average molecular weight is 454 g/mol. The molecule has 164 valence electrons. The molecule has 5 rings (SSSR count). The molecule has 1 unspecified atom stereocenters. The Labute approximate surface area is 196 Å². The third-order valence-corrected chi connectivity index (χ3v) is 6.36. The van der Waals surface area contributed by atoms with Crippen molar-refractivity contribution in [3.8, 4) is 28.5 Å². The summed E-state index contributed by atoms with van der Waals surface area (Å²) in [6.45, 7) is 6.19. The van der Waals surface area contributed by atoms with Crippen LogP contribution in [0.1, 0.15) is 29.2 Å². The van der Waals surface area contributed by atoms with Gasteiger partial charge in [0, 0.05) is 16.8 Å². The number of hydrogen-bond donors (Lipinski definition) is 0. The number of nitrogens with zero attached hydrogens (tertiary/aromatic N) is 5. The highest BCUT2D eigenvalue weighted by molar-refractivity contribution is 7.99. The summed E-state index contributed by atoms with van der Waals surface area (Å²) in [5.41, 5.74) is 5.32. The molecule has 0 aliphatic rings. The van der Waals surface area contributed by atoms with E-state index < -0.39 is 0 Å². The molecule has 0 bridgehead atoms. The lowest BCUT2D eigenvalue weighted by Gasteiger charge is -2.12. The molecule has 1 atom stereocenters. The molecule has 0 fully saturated rings. The number of benzene rings is 3. The summed E-state index contributed by atoms with van der Waals surface area (Å²) in [4.78, 5) is 0. The van der Waals surface area contributed by atoms with E-state index in [1.807, 2.05) is 37.3 Å². The van der Waals surface area contributed by atoms with Gasteiger partial charge in [0.1, 0.15) is 0 Å². The molecule has 33 heavy (non-hydrogen) atoms. The molecule has 0 aliphatic heterocycles. The third-order valence-electron chi connectivity index (χ3n) is 5.33. The zero-order valence-corrected chi connectivity index (χ0v) is 19.5. The number of aromatic nitrogens is 5. The topological polar surface area (TPSA) is 69.6 Å². The van der Waals surface area contributed by atoms with Gasteiger partial charge in [-0.15, -0.1) is 20.4 Å². The summed E-state index contributed by atoms with van der Waals surface area (Å²) in [7, 11) is 0. The van der Waals surface area contributed by atoms with Crippen LogP contribution in [0.15, 0.2) is 88.4 Å². The molecular weight excluding hydrogens is 430 g/mol. The molecule has 0 aliphatic carbocycles. The van der Waals surface area contributed by atoms with Crippen molar-refractivity contribution in [2.45, 2.75) is 31.2 Å². The number of hydrogen-bond acceptors (Lipinski definition) is 6. The van der Waals surface area contributed by atoms with Crippen LogP contribution in [-0.2, 0) is 0 Å². The fourth-order valence-electron chi connectivity index (χ4n) is 3.47. The minimum absolute atomic E-state index is 0.103. The lowest BCUT2D eigenvalue weighted by atomic mass is 10.1. The zero-order valence-electron chi connectivity index (χ0n) is 18.6. The summed E-state index contributed by atoms with van der Waals surface area (Å²) >= 11 is 1.54. The Balaban J connectivity index is 1.49. The first-order chi connectivity index (χ1) is 16.1. The highest BCUT2D eigenvalue weighted by Gasteiger charge is 2.22. The Morgan fingerprint density at radius 2 is 1.39 bits per heavy atom. The molecule has 0 saturated carbocycles. The van der Waals surface area contributed by atoms with Crippen molar-refractivity contribution in [3.05, 3.63) is 95.9 Å². The molecule has 3 aromatic carbocycles. The van der Waals surface area contributed by atoms with Crippen LogP contribution in [-0.4, -0.2) is 25.0 Å². The second kappa shape index (κ2) is 9.03. The van der Waals surface area contributed by atoms with Crippen molar-refractivity contribution in [2.75, 3.05) is 0 Å². The van der Waals surface area contributed by atoms with Crippen LogP contribution >= 0.6 is 11.8 Å². The summed E-state index contributed by atoms with van der Waals surface area (Å²) in [5, 5.41) is 18.2. The Kier molecular flexibility index (Phi) is 5.79. The predicted molar refractivity (Wildman–Crippen MR) is 130 cm³/mol. The van der Waals surface area contributed by atoms with E-state index in [1.54, 1.807) is 11.8 Å². The molecule has 2 heterocycles. The smallest absolute Gasteiger partial charge is 0.247 e. The molecule has 0 spiro atoms. The largest absolute Gasteiger partial charge is 0.419 e. The van der Waals surface area contributed by atoms with Crippen LogP contribution in [0.2, 0.25) is 0 Å². The van der Waals surface area contributed by atoms with Crippen LogP contribution in [0.3, 0.4) is 0 Å². The van der Waals surface area contributed by atoms with E-state index in [2.05, 4.69) is 87.3 Å². The van der Waals surface area contributed by atoms with Gasteiger partial charge in [-0.25, -0.2) is 0 Å². The average Bonchev–Trinajstić information content (AvgIpc) is 3.49. The van der Waals surface area contributed by atoms with Crippen molar-refractivity contribution in [1.29, 1.82) is 0 Å². The molecular formula is C26H23N5OS. The van der Waals surface area contributed by atoms with Crippen molar-refractivity contribution in [3.63, 3.8) is 0 Å². The van der Waals surface area contributed by atoms with Crippen LogP contribution in [0.4, 0.5) is 0 Å². The molecule has 0 amide bonds. The van der Waals surface area contributed by atoms with E-state index in [1.165, 1.54) is 11.1 Å². The first kappa shape index (κ1) is 21.2. The van der Waals surface area contributed by atoms with Crippen molar-refractivity contribution < 1.29 is 4.42 Å². The normalized spacial score (nSPS) is 12.1. The summed E-state index contributed by atoms with van der Waals surface area (Å²) in [6, 6.07) is 26.5. The van der Waals surface area contributed by atoms with E-state index in [-0.39, 0.29) is 5.25 Å². The second-order valence-electron chi connectivity index (χ2n) is 7.91. The maximum atomic E-state index is 5.97. The van der Waals surface area contributed by atoms with E-state index >= 15 is 0 Å². The molecule has 7 heteroatoms. The summed E-state index contributed by atoms with van der Waals surface area (Å²) in [6.07, 6.45) is 0. The zero-order chi connectivity index (χ0) is 22.8. The maximum absolute atomic E-state index is 5.97. The maximum Gasteiger partial charge on any atom is 0.247 e. The van der Waals surface area contributed by atoms with Gasteiger partial charge in [0.05, 0.1) is 5.25 Å². The van der Waals surface area contributed by atoms with Crippen LogP contribution < -0.4 is 0 Å². The van der Waals surface area contributed by atoms with Gasteiger partial charge in [-0.05, 0) is 45.0 Å². The van der Waals surface area contributed by atoms with Crippen molar-refractivity contribution in [2.24, 2.45) is 0 Å². The molecule has 2 aromatic heterocycles. The van der Waals surface area contributed by atoms with Crippen LogP contribution in [0.25, 0.3) is 28.5 Å². The van der Waals surface area contributed by atoms with Crippen LogP contribution in [0.5, 0.6) is 0 Å². The van der Waals surface area contributed by atoms with Crippen molar-refractivity contribution in [1.82, 2.24) is 25.0 Å². The van der Waals surface area contributed by atoms with Gasteiger partial charge >= 0.3 is 0 Å². The first-order valence-corrected chi connectivity index (χ1v) is 11.6. The lowest BCUT2D eigenvalue weighted by Crippen LogP contribution is -2.01. The SMILES string of the molecule is Cc1ccc(-c2nnc(SC(C)c3nnc(-c4ccccc4)o3)n2-c2ccc(C)cc2)cc1. The second-order valence-corrected chi connectivity index (χ2v) is 9.22. The van der Waals surface area contributed by atoms with Gasteiger partial charge in [-0.1, -0.05) is 77.5 Å². The Hall–Kier alpha value is -3.71. The summed E-state index contributed by atoms with van der Waals surface area (Å²) in [5.74, 6) is 1.86. The molecule has 6 nitrogen and oxygen atoms in total. The number of rotatable bonds is 6. The highest BCUT2D eigenvalue weighted by Crippen LogP contribution is 2.37. The first-order valence-electron chi connectivity index (χ1n) is 10.7. The van der Waals surface area contributed by atoms with E-state index in [4.69, 9.17) is 4.42 Å². The van der Waals surface area contributed by atoms with Crippen LogP contribution in [0, 0.1) is 13.8 Å². The quantitative estimate of drug-likeness (QED) is 0.275. The monoisotopic (exact) mass is 453 g/mol. The number of aryl methyl sites for hydroxylation is 2. The van der Waals surface area contributed by atoms with Gasteiger partial charge in [0.15, 0.2) is 11.0 Å². The Bertz CT molecular complexity index is 1360. The highest BCUT2D eigenvalue weighted by atomic mass is 32.2. The van der Waals surface area contributed by atoms with Gasteiger partial charge in [-0.3, -0.25) is 4.57 Å². The third kappa shape index (κ3) is 4.45. The van der Waals surface area contributed by atoms with Gasteiger partial charge in [0.25, 0.3) is 0 Å².